The van der Waals surface area contributed by atoms with Gasteiger partial charge in [0.2, 0.25) is 5.88 Å². The van der Waals surface area contributed by atoms with Crippen LogP contribution in [-0.4, -0.2) is 23.0 Å². The summed E-state index contributed by atoms with van der Waals surface area (Å²) in [6.07, 6.45) is 3.10. The average Bonchev–Trinajstić information content (AvgIpc) is 2.46. The number of hydrogen-bond donors (Lipinski definition) is 3. The van der Waals surface area contributed by atoms with Crippen LogP contribution in [0.25, 0.3) is 0 Å². The Kier molecular flexibility index (Phi) is 3.99. The number of nitrogens with zero attached hydrogens (tertiary/aromatic N) is 2. The number of nitrogens with two attached hydrogens (primary N) is 2. The van der Waals surface area contributed by atoms with Gasteiger partial charge in [0.05, 0.1) is 24.6 Å². The zero-order chi connectivity index (χ0) is 14.5. The lowest BCUT2D eigenvalue weighted by Gasteiger charge is -2.10. The van der Waals surface area contributed by atoms with Gasteiger partial charge in [-0.1, -0.05) is 0 Å². The Balaban J connectivity index is 2.16. The molecule has 5 N–H and O–H groups in total. The number of hydrogen-bond acceptors (Lipinski definition) is 6. The quantitative estimate of drug-likeness (QED) is 0.741. The molecule has 0 aliphatic heterocycles. The molecule has 0 atom stereocenters. The minimum Gasteiger partial charge on any atom is -0.481 e. The number of amides is 1. The molecule has 0 spiro atoms. The van der Waals surface area contributed by atoms with E-state index in [9.17, 15) is 4.79 Å². The summed E-state index contributed by atoms with van der Waals surface area (Å²) in [6.45, 7) is 0.454. The number of aromatic nitrogens is 2. The van der Waals surface area contributed by atoms with Crippen LogP contribution in [0.15, 0.2) is 30.6 Å². The number of nitrogens with one attached hydrogen (secondary N) is 1. The van der Waals surface area contributed by atoms with Gasteiger partial charge in [-0.15, -0.1) is 0 Å². The molecule has 0 aromatic carbocycles. The number of carbonyl (C=O) groups excluding carboxylic acids is 1. The first-order valence-corrected chi connectivity index (χ1v) is 5.88. The van der Waals surface area contributed by atoms with Crippen LogP contribution in [0, 0.1) is 0 Å². The molecule has 20 heavy (non-hydrogen) atoms. The molecule has 2 heterocycles. The highest BCUT2D eigenvalue weighted by atomic mass is 16.5. The standard InChI is InChI=1S/C13H15N5O2/c1-20-11-4-8(2-3-16-11)6-17-13-10(12(15)19)5-9(14)7-18-13/h2-5,7H,6,14H2,1H3,(H2,15,19)(H,17,18). The van der Waals surface area contributed by atoms with Gasteiger partial charge in [-0.05, 0) is 17.7 Å². The molecule has 0 fully saturated rings. The molecule has 0 radical (unpaired) electrons. The minimum atomic E-state index is -0.584. The van der Waals surface area contributed by atoms with E-state index in [-0.39, 0.29) is 5.56 Å². The molecule has 0 aliphatic rings. The number of methoxy groups -OCH3 is 1. The van der Waals surface area contributed by atoms with E-state index in [0.29, 0.717) is 23.9 Å². The van der Waals surface area contributed by atoms with E-state index in [1.54, 1.807) is 19.4 Å². The van der Waals surface area contributed by atoms with Crippen LogP contribution in [0.2, 0.25) is 0 Å². The topological polar surface area (TPSA) is 116 Å². The van der Waals surface area contributed by atoms with E-state index in [2.05, 4.69) is 15.3 Å². The van der Waals surface area contributed by atoms with Gasteiger partial charge in [-0.25, -0.2) is 9.97 Å². The number of rotatable bonds is 5. The highest BCUT2D eigenvalue weighted by Crippen LogP contribution is 2.16. The van der Waals surface area contributed by atoms with Crippen molar-refractivity contribution in [2.24, 2.45) is 5.73 Å². The molecule has 104 valence electrons. The molecule has 2 rings (SSSR count). The maximum Gasteiger partial charge on any atom is 0.252 e. The molecule has 1 amide bonds. The summed E-state index contributed by atoms with van der Waals surface area (Å²) in [7, 11) is 1.55. The van der Waals surface area contributed by atoms with Crippen LogP contribution in [0.4, 0.5) is 11.5 Å². The first-order chi connectivity index (χ1) is 9.60. The maximum absolute atomic E-state index is 11.3. The second-order valence-electron chi connectivity index (χ2n) is 4.09. The van der Waals surface area contributed by atoms with E-state index >= 15 is 0 Å². The fourth-order valence-corrected chi connectivity index (χ4v) is 1.67. The van der Waals surface area contributed by atoms with Gasteiger partial charge >= 0.3 is 0 Å². The van der Waals surface area contributed by atoms with Crippen LogP contribution in [0.5, 0.6) is 5.88 Å². The third-order valence-electron chi connectivity index (χ3n) is 2.64. The highest BCUT2D eigenvalue weighted by molar-refractivity contribution is 5.98. The molecule has 2 aromatic rings. The van der Waals surface area contributed by atoms with Crippen LogP contribution >= 0.6 is 0 Å². The molecular formula is C13H15N5O2. The summed E-state index contributed by atoms with van der Waals surface area (Å²) < 4.78 is 5.04. The van der Waals surface area contributed by atoms with Gasteiger partial charge in [-0.3, -0.25) is 4.79 Å². The summed E-state index contributed by atoms with van der Waals surface area (Å²) in [5.74, 6) is 0.326. The first-order valence-electron chi connectivity index (χ1n) is 5.88. The van der Waals surface area contributed by atoms with Gasteiger partial charge < -0.3 is 21.5 Å². The molecule has 2 aromatic heterocycles. The normalized spacial score (nSPS) is 10.1. The number of nitrogen functional groups attached to an aromatic ring is 1. The Morgan fingerprint density at radius 2 is 2.20 bits per heavy atom. The Labute approximate surface area is 116 Å². The van der Waals surface area contributed by atoms with Crippen molar-refractivity contribution in [3.63, 3.8) is 0 Å². The SMILES string of the molecule is COc1cc(CNc2ncc(N)cc2C(N)=O)ccn1. The number of ether oxygens (including phenoxy) is 1. The Hall–Kier alpha value is -2.83. The van der Waals surface area contributed by atoms with E-state index in [0.717, 1.165) is 5.56 Å². The molecule has 0 aliphatic carbocycles. The van der Waals surface area contributed by atoms with Crippen molar-refractivity contribution in [3.05, 3.63) is 41.7 Å². The number of carbonyl (C=O) groups is 1. The molecule has 0 saturated carbocycles. The van der Waals surface area contributed by atoms with Crippen molar-refractivity contribution in [2.75, 3.05) is 18.2 Å². The van der Waals surface area contributed by atoms with E-state index in [1.165, 1.54) is 12.3 Å². The second-order valence-corrected chi connectivity index (χ2v) is 4.09. The number of anilines is 2. The predicted octanol–water partition coefficient (Wildman–Crippen LogP) is 0.778. The summed E-state index contributed by atoms with van der Waals surface area (Å²) in [5, 5.41) is 3.04. The lowest BCUT2D eigenvalue weighted by molar-refractivity contribution is 0.100. The third kappa shape index (κ3) is 3.14. The van der Waals surface area contributed by atoms with E-state index < -0.39 is 5.91 Å². The van der Waals surface area contributed by atoms with Crippen LogP contribution < -0.4 is 21.5 Å². The second kappa shape index (κ2) is 5.87. The molecule has 7 nitrogen and oxygen atoms in total. The smallest absolute Gasteiger partial charge is 0.252 e. The highest BCUT2D eigenvalue weighted by Gasteiger charge is 2.10. The molecule has 0 bridgehead atoms. The average molecular weight is 273 g/mol. The summed E-state index contributed by atoms with van der Waals surface area (Å²) in [5.41, 5.74) is 12.5. The van der Waals surface area contributed by atoms with Crippen molar-refractivity contribution in [1.82, 2.24) is 9.97 Å². The van der Waals surface area contributed by atoms with Crippen LogP contribution in [-0.2, 0) is 6.54 Å². The summed E-state index contributed by atoms with van der Waals surface area (Å²) in [6, 6.07) is 5.11. The zero-order valence-corrected chi connectivity index (χ0v) is 11.0. The Morgan fingerprint density at radius 3 is 2.90 bits per heavy atom. The fraction of sp³-hybridized carbons (Fsp3) is 0.154. The molecule has 7 heteroatoms. The Bertz CT molecular complexity index is 630. The number of primary amides is 1. The van der Waals surface area contributed by atoms with Crippen LogP contribution in [0.3, 0.4) is 0 Å². The van der Waals surface area contributed by atoms with Crippen molar-refractivity contribution < 1.29 is 9.53 Å². The van der Waals surface area contributed by atoms with Gasteiger partial charge in [0.25, 0.3) is 5.91 Å². The minimum absolute atomic E-state index is 0.256. The van der Waals surface area contributed by atoms with Crippen LogP contribution in [0.1, 0.15) is 15.9 Å². The number of pyridine rings is 2. The van der Waals surface area contributed by atoms with Crippen molar-refractivity contribution in [3.8, 4) is 5.88 Å². The lowest BCUT2D eigenvalue weighted by atomic mass is 10.2. The van der Waals surface area contributed by atoms with Crippen molar-refractivity contribution in [2.45, 2.75) is 6.54 Å². The van der Waals surface area contributed by atoms with Gasteiger partial charge in [0.1, 0.15) is 5.82 Å². The van der Waals surface area contributed by atoms with Crippen molar-refractivity contribution in [1.29, 1.82) is 0 Å². The molecule has 0 saturated heterocycles. The van der Waals surface area contributed by atoms with E-state index in [4.69, 9.17) is 16.2 Å². The molecule has 0 unspecified atom stereocenters. The lowest BCUT2D eigenvalue weighted by Crippen LogP contribution is -2.16. The third-order valence-corrected chi connectivity index (χ3v) is 2.64. The summed E-state index contributed by atoms with van der Waals surface area (Å²) in [4.78, 5) is 19.4. The largest absolute Gasteiger partial charge is 0.481 e. The van der Waals surface area contributed by atoms with Gasteiger partial charge in [0.15, 0.2) is 0 Å². The maximum atomic E-state index is 11.3. The van der Waals surface area contributed by atoms with Crippen molar-refractivity contribution >= 4 is 17.4 Å². The summed E-state index contributed by atoms with van der Waals surface area (Å²) >= 11 is 0. The fourth-order valence-electron chi connectivity index (χ4n) is 1.67. The first kappa shape index (κ1) is 13.6. The van der Waals surface area contributed by atoms with Gasteiger partial charge in [0, 0.05) is 18.8 Å². The predicted molar refractivity (Wildman–Crippen MR) is 75.3 cm³/mol. The van der Waals surface area contributed by atoms with Gasteiger partial charge in [-0.2, -0.15) is 0 Å². The monoisotopic (exact) mass is 273 g/mol. The van der Waals surface area contributed by atoms with E-state index in [1.807, 2.05) is 6.07 Å². The molecular weight excluding hydrogens is 258 g/mol. The Morgan fingerprint density at radius 1 is 1.40 bits per heavy atom. The zero-order valence-electron chi connectivity index (χ0n) is 11.0.